The molecule has 0 heterocycles. The van der Waals surface area contributed by atoms with Crippen molar-refractivity contribution in [3.63, 3.8) is 0 Å². The molecule has 5 heteroatoms. The Morgan fingerprint density at radius 2 is 2.00 bits per heavy atom. The fraction of sp³-hybridized carbons (Fsp3) is 1.00. The molecule has 0 aliphatic heterocycles. The lowest BCUT2D eigenvalue weighted by atomic mass is 10.7. The Morgan fingerprint density at radius 3 is 2.40 bits per heavy atom. The largest absolute Gasteiger partial charge is 0.381 e. The summed E-state index contributed by atoms with van der Waals surface area (Å²) >= 11 is 2.09. The van der Waals surface area contributed by atoms with Crippen molar-refractivity contribution in [3.05, 3.63) is 0 Å². The molecule has 0 unspecified atom stereocenters. The van der Waals surface area contributed by atoms with E-state index in [4.69, 9.17) is 5.11 Å². The molecule has 0 saturated heterocycles. The van der Waals surface area contributed by atoms with Crippen molar-refractivity contribution in [1.29, 1.82) is 0 Å². The topological polar surface area (TPSA) is 38.7 Å². The zero-order valence-corrected chi connectivity index (χ0v) is 8.50. The molecule has 0 aromatic carbocycles. The lowest BCUT2D eigenvalue weighted by Gasteiger charge is -2.21. The first-order chi connectivity index (χ1) is 4.70. The molecule has 0 spiro atoms. The normalized spacial score (nSPS) is 11.4. The second-order valence-corrected chi connectivity index (χ2v) is 3.05. The second-order valence-electron chi connectivity index (χ2n) is 2.29. The Balaban J connectivity index is 3.27. The van der Waals surface area contributed by atoms with E-state index in [0.717, 1.165) is 13.3 Å². The summed E-state index contributed by atoms with van der Waals surface area (Å²) in [6, 6.07) is 0. The minimum absolute atomic E-state index is 0.103. The van der Waals surface area contributed by atoms with E-state index in [1.165, 1.54) is 0 Å². The highest BCUT2D eigenvalue weighted by molar-refractivity contribution is 14.1. The second kappa shape index (κ2) is 6.29. The molecule has 0 aliphatic rings. The highest BCUT2D eigenvalue weighted by Gasteiger charge is 1.99. The molecule has 0 bridgehead atoms. The fourth-order valence-corrected chi connectivity index (χ4v) is 1.19. The summed E-state index contributed by atoms with van der Waals surface area (Å²) < 4.78 is 2.98. The third-order valence-corrected chi connectivity index (χ3v) is 1.40. The number of rotatable bonds is 5. The minimum atomic E-state index is 0.103. The summed E-state index contributed by atoms with van der Waals surface area (Å²) in [5, 5.41) is 8.63. The first kappa shape index (κ1) is 10.6. The van der Waals surface area contributed by atoms with Gasteiger partial charge in [-0.3, -0.25) is 9.80 Å². The van der Waals surface area contributed by atoms with Gasteiger partial charge < -0.3 is 5.11 Å². The Hall–Kier alpha value is 0.570. The molecule has 10 heavy (non-hydrogen) atoms. The van der Waals surface area contributed by atoms with Crippen LogP contribution in [0.1, 0.15) is 0 Å². The fourth-order valence-electron chi connectivity index (χ4n) is 0.609. The number of halogens is 1. The maximum Gasteiger partial charge on any atom is 0.0964 e. The summed E-state index contributed by atoms with van der Waals surface area (Å²) in [6.45, 7) is 1.70. The summed E-state index contributed by atoms with van der Waals surface area (Å²) in [5.74, 6) is 0. The van der Waals surface area contributed by atoms with Gasteiger partial charge in [0.15, 0.2) is 0 Å². The molecule has 0 aromatic heterocycles. The van der Waals surface area contributed by atoms with Crippen LogP contribution < -0.4 is 3.53 Å². The van der Waals surface area contributed by atoms with E-state index >= 15 is 0 Å². The number of nitrogens with zero attached hydrogens (tertiary/aromatic N) is 2. The molecule has 0 saturated carbocycles. The van der Waals surface area contributed by atoms with Gasteiger partial charge in [0.2, 0.25) is 0 Å². The molecule has 4 nitrogen and oxygen atoms in total. The number of aliphatic hydroxyl groups excluding tert-OH is 1. The smallest absolute Gasteiger partial charge is 0.0964 e. The third-order valence-electron chi connectivity index (χ3n) is 1.05. The van der Waals surface area contributed by atoms with Gasteiger partial charge in [0.1, 0.15) is 0 Å². The van der Waals surface area contributed by atoms with Crippen molar-refractivity contribution >= 4 is 22.9 Å². The minimum Gasteiger partial charge on any atom is -0.381 e. The van der Waals surface area contributed by atoms with Crippen LogP contribution in [0.4, 0.5) is 0 Å². The molecule has 0 radical (unpaired) electrons. The average Bonchev–Trinajstić information content (AvgIpc) is 1.88. The van der Waals surface area contributed by atoms with Gasteiger partial charge >= 0.3 is 0 Å². The van der Waals surface area contributed by atoms with Gasteiger partial charge in [-0.15, -0.1) is 0 Å². The summed E-state index contributed by atoms with van der Waals surface area (Å²) in [4.78, 5) is 3.87. The van der Waals surface area contributed by atoms with Gasteiger partial charge in [-0.05, 0) is 14.1 Å². The van der Waals surface area contributed by atoms with E-state index in [2.05, 4.69) is 31.3 Å². The van der Waals surface area contributed by atoms with Gasteiger partial charge in [-0.1, -0.05) is 0 Å². The predicted molar refractivity (Wildman–Crippen MR) is 49.5 cm³/mol. The van der Waals surface area contributed by atoms with Gasteiger partial charge in [-0.2, -0.15) is 0 Å². The molecule has 0 aromatic rings. The highest BCUT2D eigenvalue weighted by Crippen LogP contribution is 1.84. The van der Waals surface area contributed by atoms with Crippen molar-refractivity contribution in [2.24, 2.45) is 0 Å². The number of hydrogen-bond acceptors (Lipinski definition) is 4. The van der Waals surface area contributed by atoms with Crippen molar-refractivity contribution in [1.82, 2.24) is 13.3 Å². The first-order valence-electron chi connectivity index (χ1n) is 3.02. The molecule has 0 fully saturated rings. The van der Waals surface area contributed by atoms with Crippen LogP contribution in [0.5, 0.6) is 0 Å². The molecule has 0 aliphatic carbocycles. The zero-order valence-electron chi connectivity index (χ0n) is 6.34. The molecular formula is C5H14IN3O. The predicted octanol–water partition coefficient (Wildman–Crippen LogP) is -0.346. The van der Waals surface area contributed by atoms with Gasteiger partial charge in [0.05, 0.1) is 20.1 Å². The summed E-state index contributed by atoms with van der Waals surface area (Å²) in [5.41, 5.74) is 0. The quantitative estimate of drug-likeness (QED) is 0.402. The van der Waals surface area contributed by atoms with Crippen LogP contribution in [0.2, 0.25) is 0 Å². The lowest BCUT2D eigenvalue weighted by Crippen LogP contribution is -2.36. The van der Waals surface area contributed by atoms with Crippen molar-refractivity contribution in [2.45, 2.75) is 0 Å². The van der Waals surface area contributed by atoms with Crippen LogP contribution in [-0.2, 0) is 0 Å². The molecule has 62 valence electrons. The Bertz CT molecular complexity index is 83.3. The average molecular weight is 259 g/mol. The van der Waals surface area contributed by atoms with E-state index in [9.17, 15) is 0 Å². The zero-order chi connectivity index (χ0) is 7.98. The standard InChI is InChI=1S/C5H14IN3O/c1-8(3-7-6)4-9(2)5-10/h7,10H,3-5H2,1-2H3. The van der Waals surface area contributed by atoms with Crippen LogP contribution in [0.25, 0.3) is 0 Å². The van der Waals surface area contributed by atoms with Crippen LogP contribution in [0.15, 0.2) is 0 Å². The van der Waals surface area contributed by atoms with Crippen molar-refractivity contribution in [2.75, 3.05) is 34.2 Å². The SMILES string of the molecule is CN(CO)CN(C)CNI. The number of hydrogen-bond donors (Lipinski definition) is 2. The maximum atomic E-state index is 8.63. The molecular weight excluding hydrogens is 245 g/mol. The Morgan fingerprint density at radius 1 is 1.40 bits per heavy atom. The molecule has 0 amide bonds. The van der Waals surface area contributed by atoms with Crippen LogP contribution in [-0.4, -0.2) is 49.1 Å². The summed E-state index contributed by atoms with van der Waals surface area (Å²) in [7, 11) is 3.85. The van der Waals surface area contributed by atoms with E-state index in [1.807, 2.05) is 19.0 Å². The maximum absolute atomic E-state index is 8.63. The van der Waals surface area contributed by atoms with Crippen molar-refractivity contribution < 1.29 is 5.11 Å². The Labute approximate surface area is 75.7 Å². The lowest BCUT2D eigenvalue weighted by molar-refractivity contribution is 0.0820. The van der Waals surface area contributed by atoms with Crippen LogP contribution >= 0.6 is 22.9 Å². The first-order valence-corrected chi connectivity index (χ1v) is 4.10. The number of nitrogens with one attached hydrogen (secondary N) is 1. The third kappa shape index (κ3) is 5.36. The van der Waals surface area contributed by atoms with Crippen LogP contribution in [0.3, 0.4) is 0 Å². The van der Waals surface area contributed by atoms with Crippen molar-refractivity contribution in [3.8, 4) is 0 Å². The molecule has 0 rings (SSSR count). The van der Waals surface area contributed by atoms with E-state index in [-0.39, 0.29) is 6.73 Å². The number of aliphatic hydroxyl groups is 1. The monoisotopic (exact) mass is 259 g/mol. The summed E-state index contributed by atoms with van der Waals surface area (Å²) in [6.07, 6.45) is 0. The van der Waals surface area contributed by atoms with Gasteiger partial charge in [0, 0.05) is 22.9 Å². The Kier molecular flexibility index (Phi) is 6.65. The molecule has 2 N–H and O–H groups in total. The van der Waals surface area contributed by atoms with Crippen LogP contribution in [0, 0.1) is 0 Å². The van der Waals surface area contributed by atoms with Gasteiger partial charge in [0.25, 0.3) is 0 Å². The highest BCUT2D eigenvalue weighted by atomic mass is 127. The van der Waals surface area contributed by atoms with E-state index in [0.29, 0.717) is 0 Å². The molecule has 0 atom stereocenters. The van der Waals surface area contributed by atoms with E-state index in [1.54, 1.807) is 0 Å². The van der Waals surface area contributed by atoms with E-state index < -0.39 is 0 Å². The van der Waals surface area contributed by atoms with Gasteiger partial charge in [-0.25, -0.2) is 3.53 Å².